The van der Waals surface area contributed by atoms with Crippen LogP contribution < -0.4 is 4.72 Å². The van der Waals surface area contributed by atoms with Crippen molar-refractivity contribution in [2.24, 2.45) is 0 Å². The Balaban J connectivity index is 1.79. The molecule has 0 bridgehead atoms. The van der Waals surface area contributed by atoms with E-state index in [1.165, 1.54) is 0 Å². The van der Waals surface area contributed by atoms with Crippen molar-refractivity contribution in [2.75, 3.05) is 6.61 Å². The molecule has 0 aliphatic carbocycles. The Morgan fingerprint density at radius 1 is 1.50 bits per heavy atom. The van der Waals surface area contributed by atoms with Gasteiger partial charge in [0, 0.05) is 29.7 Å². The van der Waals surface area contributed by atoms with Gasteiger partial charge >= 0.3 is 0 Å². The van der Waals surface area contributed by atoms with Crippen LogP contribution in [0.2, 0.25) is 0 Å². The summed E-state index contributed by atoms with van der Waals surface area (Å²) in [5.41, 5.74) is 3.46. The second kappa shape index (κ2) is 8.22. The number of hydrogen-bond donors (Lipinski definition) is 4. The van der Waals surface area contributed by atoms with Crippen molar-refractivity contribution in [3.63, 3.8) is 0 Å². The van der Waals surface area contributed by atoms with Crippen molar-refractivity contribution < 1.29 is 9.32 Å². The first-order valence-corrected chi connectivity index (χ1v) is 9.36. The minimum absolute atomic E-state index is 0.153. The first kappa shape index (κ1) is 18.2. The summed E-state index contributed by atoms with van der Waals surface area (Å²) in [5, 5.41) is 17.7. The van der Waals surface area contributed by atoms with Crippen molar-refractivity contribution in [2.45, 2.75) is 24.4 Å². The fraction of sp³-hybridized carbons (Fsp3) is 0.222. The van der Waals surface area contributed by atoms with E-state index in [1.54, 1.807) is 24.4 Å². The fourth-order valence-electron chi connectivity index (χ4n) is 2.78. The lowest BCUT2D eigenvalue weighted by atomic mass is 10.0. The van der Waals surface area contributed by atoms with E-state index < -0.39 is 11.0 Å². The van der Waals surface area contributed by atoms with Gasteiger partial charge in [-0.15, -0.1) is 0 Å². The van der Waals surface area contributed by atoms with Crippen molar-refractivity contribution in [3.05, 3.63) is 54.0 Å². The van der Waals surface area contributed by atoms with Crippen LogP contribution in [0, 0.1) is 0 Å². The second-order valence-corrected chi connectivity index (χ2v) is 6.92. The van der Waals surface area contributed by atoms with E-state index in [2.05, 4.69) is 31.5 Å². The van der Waals surface area contributed by atoms with Crippen molar-refractivity contribution in [3.8, 4) is 0 Å². The average molecular weight is 371 g/mol. The predicted molar refractivity (Wildman–Crippen MR) is 104 cm³/mol. The second-order valence-electron chi connectivity index (χ2n) is 5.74. The van der Waals surface area contributed by atoms with Gasteiger partial charge in [0.15, 0.2) is 5.65 Å². The van der Waals surface area contributed by atoms with E-state index in [-0.39, 0.29) is 12.6 Å². The molecule has 136 valence electrons. The fourth-order valence-corrected chi connectivity index (χ4v) is 3.85. The van der Waals surface area contributed by atoms with Crippen LogP contribution in [-0.2, 0) is 17.4 Å². The Labute approximate surface area is 153 Å². The highest BCUT2D eigenvalue weighted by atomic mass is 32.2. The molecule has 0 aromatic carbocycles. The maximum Gasteiger partial charge on any atom is 0.182 e. The number of aliphatic hydroxyl groups excluding tert-OH is 1. The molecule has 2 unspecified atom stereocenters. The number of aromatic amines is 2. The predicted octanol–water partition coefficient (Wildman–Crippen LogP) is 2.18. The monoisotopic (exact) mass is 371 g/mol. The zero-order valence-electron chi connectivity index (χ0n) is 14.4. The summed E-state index contributed by atoms with van der Waals surface area (Å²) >= 11 is 0. The lowest BCUT2D eigenvalue weighted by molar-refractivity contribution is 0.257. The van der Waals surface area contributed by atoms with Gasteiger partial charge in [-0.05, 0) is 37.1 Å². The molecule has 0 saturated heterocycles. The molecule has 3 rings (SSSR count). The maximum atomic E-state index is 12.7. The van der Waals surface area contributed by atoms with Crippen LogP contribution in [0.15, 0.2) is 42.2 Å². The van der Waals surface area contributed by atoms with E-state index in [4.69, 9.17) is 0 Å². The third-order valence-corrected chi connectivity index (χ3v) is 5.25. The first-order valence-electron chi connectivity index (χ1n) is 8.21. The quantitative estimate of drug-likeness (QED) is 0.487. The van der Waals surface area contributed by atoms with Crippen LogP contribution in [0.3, 0.4) is 0 Å². The third-order valence-electron chi connectivity index (χ3n) is 4.02. The number of allylic oxidation sites excluding steroid dienone is 1. The van der Waals surface area contributed by atoms with E-state index in [1.807, 2.05) is 25.3 Å². The largest absolute Gasteiger partial charge is 0.395 e. The highest BCUT2D eigenvalue weighted by Crippen LogP contribution is 2.20. The first-order chi connectivity index (χ1) is 12.7. The number of fused-ring (bicyclic) bond motifs is 1. The summed E-state index contributed by atoms with van der Waals surface area (Å²) in [4.78, 5) is 7.28. The van der Waals surface area contributed by atoms with Gasteiger partial charge in [0.2, 0.25) is 0 Å². The zero-order valence-corrected chi connectivity index (χ0v) is 15.2. The summed E-state index contributed by atoms with van der Waals surface area (Å²) in [7, 11) is -1.55. The number of nitrogens with zero attached hydrogens (tertiary/aromatic N) is 2. The van der Waals surface area contributed by atoms with Gasteiger partial charge in [0.05, 0.1) is 12.0 Å². The third kappa shape index (κ3) is 3.67. The number of aromatic nitrogens is 4. The number of hydrogen-bond acceptors (Lipinski definition) is 4. The highest BCUT2D eigenvalue weighted by molar-refractivity contribution is 7.83. The lowest BCUT2D eigenvalue weighted by Gasteiger charge is -2.15. The number of pyridine rings is 1. The van der Waals surface area contributed by atoms with Gasteiger partial charge in [-0.25, -0.2) is 13.9 Å². The summed E-state index contributed by atoms with van der Waals surface area (Å²) in [6.07, 6.45) is 9.71. The lowest BCUT2D eigenvalue weighted by Crippen LogP contribution is -2.36. The molecule has 7 nitrogen and oxygen atoms in total. The van der Waals surface area contributed by atoms with Crippen LogP contribution in [0.4, 0.5) is 0 Å². The minimum Gasteiger partial charge on any atom is -0.395 e. The molecule has 0 radical (unpaired) electrons. The Hall–Kier alpha value is -2.55. The Morgan fingerprint density at radius 3 is 3.08 bits per heavy atom. The molecule has 26 heavy (non-hydrogen) atoms. The summed E-state index contributed by atoms with van der Waals surface area (Å²) in [6.45, 7) is 5.59. The molecule has 2 atom stereocenters. The minimum atomic E-state index is -1.55. The normalized spacial score (nSPS) is 14.1. The average Bonchev–Trinajstić information content (AvgIpc) is 3.25. The van der Waals surface area contributed by atoms with Gasteiger partial charge < -0.3 is 10.1 Å². The molecule has 3 aromatic rings. The smallest absolute Gasteiger partial charge is 0.182 e. The van der Waals surface area contributed by atoms with Crippen LogP contribution >= 0.6 is 0 Å². The molecule has 3 aromatic heterocycles. The van der Waals surface area contributed by atoms with Crippen molar-refractivity contribution in [1.29, 1.82) is 0 Å². The molecular formula is C18H21N5O2S. The van der Waals surface area contributed by atoms with Gasteiger partial charge in [-0.2, -0.15) is 5.10 Å². The van der Waals surface area contributed by atoms with Crippen molar-refractivity contribution in [1.82, 2.24) is 24.9 Å². The molecule has 0 saturated carbocycles. The standard InChI is InChI=1S/C18H21N5O2S/c1-3-6-14-12(10-20-16(14)4-2)9-13(11-24)23-26(25)18-15-7-5-8-19-17(15)21-22-18/h3-8,10,13,20,23-24H,2,9,11H2,1H3,(H,19,21,22)/b6-3-. The van der Waals surface area contributed by atoms with Crippen LogP contribution in [0.5, 0.6) is 0 Å². The molecule has 0 aliphatic rings. The topological polar surface area (TPSA) is 107 Å². The number of nitrogens with one attached hydrogen (secondary N) is 3. The summed E-state index contributed by atoms with van der Waals surface area (Å²) in [6, 6.07) is 3.19. The van der Waals surface area contributed by atoms with E-state index in [0.717, 1.165) is 16.8 Å². The molecule has 3 heterocycles. The highest BCUT2D eigenvalue weighted by Gasteiger charge is 2.19. The van der Waals surface area contributed by atoms with Gasteiger partial charge in [-0.1, -0.05) is 18.7 Å². The Bertz CT molecular complexity index is 960. The number of rotatable bonds is 8. The van der Waals surface area contributed by atoms with Crippen molar-refractivity contribution >= 4 is 34.2 Å². The van der Waals surface area contributed by atoms with Crippen LogP contribution in [0.25, 0.3) is 23.2 Å². The maximum absolute atomic E-state index is 12.7. The number of aliphatic hydroxyl groups is 1. The zero-order chi connectivity index (χ0) is 18.5. The molecule has 0 fully saturated rings. The van der Waals surface area contributed by atoms with Crippen LogP contribution in [0.1, 0.15) is 23.7 Å². The number of H-pyrrole nitrogens is 2. The van der Waals surface area contributed by atoms with Gasteiger partial charge in [0.25, 0.3) is 0 Å². The van der Waals surface area contributed by atoms with E-state index in [9.17, 15) is 9.32 Å². The van der Waals surface area contributed by atoms with Gasteiger partial charge in [0.1, 0.15) is 16.0 Å². The summed E-state index contributed by atoms with van der Waals surface area (Å²) in [5.74, 6) is 0. The Kier molecular flexibility index (Phi) is 5.77. The SMILES string of the molecule is C=Cc1[nH]cc(CC(CO)NS(=O)c2[nH]nc3ncccc23)c1/C=C\C. The molecule has 0 spiro atoms. The molecule has 4 N–H and O–H groups in total. The molecular weight excluding hydrogens is 350 g/mol. The summed E-state index contributed by atoms with van der Waals surface area (Å²) < 4.78 is 15.7. The molecule has 0 aliphatic heterocycles. The Morgan fingerprint density at radius 2 is 2.35 bits per heavy atom. The van der Waals surface area contributed by atoms with E-state index >= 15 is 0 Å². The van der Waals surface area contributed by atoms with Crippen LogP contribution in [-0.4, -0.2) is 42.1 Å². The van der Waals surface area contributed by atoms with Gasteiger partial charge in [-0.3, -0.25) is 5.10 Å². The van der Waals surface area contributed by atoms with E-state index in [0.29, 0.717) is 22.5 Å². The molecule has 0 amide bonds. The molecule has 8 heteroatoms.